The van der Waals surface area contributed by atoms with Gasteiger partial charge in [0.25, 0.3) is 11.5 Å². The zero-order valence-corrected chi connectivity index (χ0v) is 14.5. The number of carbonyl (C=O) groups excluding carboxylic acids is 2. The molecule has 140 valence electrons. The largest absolute Gasteiger partial charge is 0.464 e. The van der Waals surface area contributed by atoms with E-state index >= 15 is 0 Å². The molecule has 0 heterocycles. The Kier molecular flexibility index (Phi) is 6.98. The van der Waals surface area contributed by atoms with Crippen molar-refractivity contribution >= 4 is 11.9 Å². The maximum Gasteiger partial charge on any atom is 0.430 e. The highest BCUT2D eigenvalue weighted by Crippen LogP contribution is 2.42. The van der Waals surface area contributed by atoms with Crippen LogP contribution >= 0.6 is 0 Å². The van der Waals surface area contributed by atoms with Crippen molar-refractivity contribution in [2.45, 2.75) is 38.6 Å². The molecule has 0 aliphatic heterocycles. The highest BCUT2D eigenvalue weighted by molar-refractivity contribution is 5.91. The van der Waals surface area contributed by atoms with Gasteiger partial charge in [-0.15, -0.1) is 0 Å². The van der Waals surface area contributed by atoms with Crippen LogP contribution in [0.15, 0.2) is 30.3 Å². The minimum absolute atomic E-state index is 0.0469. The van der Waals surface area contributed by atoms with Gasteiger partial charge in [0.15, 0.2) is 0 Å². The summed E-state index contributed by atoms with van der Waals surface area (Å²) in [6, 6.07) is 5.32. The Morgan fingerprint density at radius 2 is 1.72 bits per heavy atom. The van der Waals surface area contributed by atoms with Gasteiger partial charge < -0.3 is 14.8 Å². The topological polar surface area (TPSA) is 64.6 Å². The number of amides is 1. The Morgan fingerprint density at radius 3 is 2.12 bits per heavy atom. The molecule has 0 saturated heterocycles. The first-order valence-electron chi connectivity index (χ1n) is 7.76. The Balaban J connectivity index is 3.32. The number of carbonyl (C=O) groups is 2. The van der Waals surface area contributed by atoms with Crippen LogP contribution in [0.2, 0.25) is 0 Å². The number of hydrogen-bond donors (Lipinski definition) is 1. The van der Waals surface area contributed by atoms with Crippen LogP contribution < -0.4 is 5.32 Å². The number of methoxy groups -OCH3 is 1. The van der Waals surface area contributed by atoms with Gasteiger partial charge in [-0.25, -0.2) is 4.79 Å². The fourth-order valence-corrected chi connectivity index (χ4v) is 2.40. The van der Waals surface area contributed by atoms with Gasteiger partial charge in [0, 0.05) is 12.7 Å². The molecule has 0 radical (unpaired) electrons. The van der Waals surface area contributed by atoms with Crippen LogP contribution in [0.3, 0.4) is 0 Å². The molecule has 1 amide bonds. The maximum atomic E-state index is 13.8. The van der Waals surface area contributed by atoms with E-state index in [1.807, 2.05) is 0 Å². The molecule has 5 nitrogen and oxygen atoms in total. The SMILES string of the molecule is CCOC(=O)[C@H](NC(=O)[C@](OC)(c1ccccc1)C(F)(F)F)C(C)C. The fraction of sp³-hybridized carbons (Fsp3) is 0.529. The fourth-order valence-electron chi connectivity index (χ4n) is 2.40. The summed E-state index contributed by atoms with van der Waals surface area (Å²) in [6.07, 6.45) is -5.04. The van der Waals surface area contributed by atoms with Crippen LogP contribution in [-0.4, -0.2) is 37.8 Å². The second-order valence-electron chi connectivity index (χ2n) is 5.70. The summed E-state index contributed by atoms with van der Waals surface area (Å²) in [4.78, 5) is 24.6. The normalized spacial score (nSPS) is 15.4. The smallest absolute Gasteiger partial charge is 0.430 e. The van der Waals surface area contributed by atoms with Crippen molar-refractivity contribution in [3.8, 4) is 0 Å². The molecule has 1 aromatic carbocycles. The number of halogens is 3. The molecule has 0 aliphatic rings. The number of hydrogen-bond acceptors (Lipinski definition) is 4. The summed E-state index contributed by atoms with van der Waals surface area (Å²) in [5, 5.41) is 2.14. The van der Waals surface area contributed by atoms with Crippen molar-refractivity contribution in [3.63, 3.8) is 0 Å². The quantitative estimate of drug-likeness (QED) is 0.759. The average molecular weight is 361 g/mol. The van der Waals surface area contributed by atoms with Gasteiger partial charge in [-0.3, -0.25) is 4.79 Å². The van der Waals surface area contributed by atoms with E-state index in [9.17, 15) is 22.8 Å². The van der Waals surface area contributed by atoms with Crippen molar-refractivity contribution in [1.29, 1.82) is 0 Å². The van der Waals surface area contributed by atoms with Crippen LogP contribution in [0, 0.1) is 5.92 Å². The molecule has 2 atom stereocenters. The zero-order chi connectivity index (χ0) is 19.3. The van der Waals surface area contributed by atoms with Crippen LogP contribution in [0.25, 0.3) is 0 Å². The van der Waals surface area contributed by atoms with Crippen LogP contribution in [0.5, 0.6) is 0 Å². The highest BCUT2D eigenvalue weighted by Gasteiger charge is 2.63. The second kappa shape index (κ2) is 8.33. The Labute approximate surface area is 144 Å². The minimum Gasteiger partial charge on any atom is -0.464 e. The lowest BCUT2D eigenvalue weighted by atomic mass is 9.90. The van der Waals surface area contributed by atoms with E-state index in [-0.39, 0.29) is 12.2 Å². The van der Waals surface area contributed by atoms with E-state index in [1.54, 1.807) is 20.8 Å². The van der Waals surface area contributed by atoms with Gasteiger partial charge in [0.05, 0.1) is 6.61 Å². The summed E-state index contributed by atoms with van der Waals surface area (Å²) in [6.45, 7) is 4.79. The monoisotopic (exact) mass is 361 g/mol. The molecule has 0 unspecified atom stereocenters. The number of rotatable bonds is 7. The first-order valence-corrected chi connectivity index (χ1v) is 7.76. The first-order chi connectivity index (χ1) is 11.6. The Hall–Kier alpha value is -2.09. The summed E-state index contributed by atoms with van der Waals surface area (Å²) in [5.41, 5.74) is -3.61. The predicted octanol–water partition coefficient (Wildman–Crippen LogP) is 2.79. The summed E-state index contributed by atoms with van der Waals surface area (Å²) < 4.78 is 50.9. The van der Waals surface area contributed by atoms with E-state index in [0.29, 0.717) is 0 Å². The molecule has 1 rings (SSSR count). The second-order valence-corrected chi connectivity index (χ2v) is 5.70. The van der Waals surface area contributed by atoms with Gasteiger partial charge in [-0.05, 0) is 12.8 Å². The number of benzene rings is 1. The van der Waals surface area contributed by atoms with Crippen molar-refractivity contribution < 1.29 is 32.2 Å². The molecular formula is C17H22F3NO4. The zero-order valence-electron chi connectivity index (χ0n) is 14.5. The predicted molar refractivity (Wildman–Crippen MR) is 84.6 cm³/mol. The lowest BCUT2D eigenvalue weighted by molar-refractivity contribution is -0.266. The molecule has 0 bridgehead atoms. The Bertz CT molecular complexity index is 589. The van der Waals surface area contributed by atoms with Crippen molar-refractivity contribution in [3.05, 3.63) is 35.9 Å². The third-order valence-electron chi connectivity index (χ3n) is 3.70. The number of nitrogens with one attached hydrogen (secondary N) is 1. The van der Waals surface area contributed by atoms with Crippen LogP contribution in [0.1, 0.15) is 26.3 Å². The summed E-state index contributed by atoms with van der Waals surface area (Å²) in [5.74, 6) is -2.74. The summed E-state index contributed by atoms with van der Waals surface area (Å²) >= 11 is 0. The molecule has 1 N–H and O–H groups in total. The van der Waals surface area contributed by atoms with E-state index in [2.05, 4.69) is 10.1 Å². The number of alkyl halides is 3. The maximum absolute atomic E-state index is 13.8. The molecule has 1 aromatic rings. The average Bonchev–Trinajstić information content (AvgIpc) is 2.53. The third-order valence-corrected chi connectivity index (χ3v) is 3.70. The molecular weight excluding hydrogens is 339 g/mol. The first kappa shape index (κ1) is 21.0. The molecule has 8 heteroatoms. The molecule has 0 fully saturated rings. The van der Waals surface area contributed by atoms with Crippen molar-refractivity contribution in [2.75, 3.05) is 13.7 Å². The minimum atomic E-state index is -5.04. The van der Waals surface area contributed by atoms with E-state index in [4.69, 9.17) is 4.74 Å². The molecule has 0 aromatic heterocycles. The van der Waals surface area contributed by atoms with E-state index in [1.165, 1.54) is 18.2 Å². The standard InChI is InChI=1S/C17H22F3NO4/c1-5-25-14(22)13(11(2)3)21-15(23)16(24-4,17(18,19)20)12-9-7-6-8-10-12/h6-11,13H,5H2,1-4H3,(H,21,23)/t13-,16-/m1/s1. The van der Waals surface area contributed by atoms with Gasteiger partial charge >= 0.3 is 12.1 Å². The van der Waals surface area contributed by atoms with E-state index < -0.39 is 35.6 Å². The molecule has 0 spiro atoms. The molecule has 0 saturated carbocycles. The van der Waals surface area contributed by atoms with Gasteiger partial charge in [0.1, 0.15) is 6.04 Å². The Morgan fingerprint density at radius 1 is 1.16 bits per heavy atom. The van der Waals surface area contributed by atoms with Gasteiger partial charge in [-0.2, -0.15) is 13.2 Å². The number of esters is 1. The number of ether oxygens (including phenoxy) is 2. The third kappa shape index (κ3) is 4.31. The van der Waals surface area contributed by atoms with Gasteiger partial charge in [-0.1, -0.05) is 44.2 Å². The van der Waals surface area contributed by atoms with Crippen molar-refractivity contribution in [2.24, 2.45) is 5.92 Å². The van der Waals surface area contributed by atoms with E-state index in [0.717, 1.165) is 19.2 Å². The highest BCUT2D eigenvalue weighted by atomic mass is 19.4. The molecule has 25 heavy (non-hydrogen) atoms. The van der Waals surface area contributed by atoms with Crippen LogP contribution in [0.4, 0.5) is 13.2 Å². The molecule has 0 aliphatic carbocycles. The lowest BCUT2D eigenvalue weighted by Crippen LogP contribution is -2.59. The van der Waals surface area contributed by atoms with Crippen molar-refractivity contribution in [1.82, 2.24) is 5.32 Å². The lowest BCUT2D eigenvalue weighted by Gasteiger charge is -2.35. The van der Waals surface area contributed by atoms with Crippen LogP contribution in [-0.2, 0) is 24.7 Å². The van der Waals surface area contributed by atoms with Gasteiger partial charge in [0.2, 0.25) is 0 Å². The summed E-state index contributed by atoms with van der Waals surface area (Å²) in [7, 11) is 0.800.